The number of carbonyl (C=O) groups is 2. The van der Waals surface area contributed by atoms with E-state index >= 15 is 0 Å². The summed E-state index contributed by atoms with van der Waals surface area (Å²) in [6.07, 6.45) is 3.44. The summed E-state index contributed by atoms with van der Waals surface area (Å²) in [6.45, 7) is 1.56. The van der Waals surface area contributed by atoms with Crippen molar-refractivity contribution in [2.24, 2.45) is 17.8 Å². The van der Waals surface area contributed by atoms with E-state index in [0.717, 1.165) is 12.8 Å². The van der Waals surface area contributed by atoms with Crippen molar-refractivity contribution in [1.29, 1.82) is 0 Å². The summed E-state index contributed by atoms with van der Waals surface area (Å²) >= 11 is 0. The lowest BCUT2D eigenvalue weighted by atomic mass is 9.85. The lowest BCUT2D eigenvalue weighted by Gasteiger charge is -2.30. The predicted molar refractivity (Wildman–Crippen MR) is 62.0 cm³/mol. The van der Waals surface area contributed by atoms with E-state index in [0.29, 0.717) is 11.8 Å². The number of aliphatic hydroxyl groups excluding tert-OH is 1. The van der Waals surface area contributed by atoms with Crippen molar-refractivity contribution in [3.63, 3.8) is 0 Å². The number of fused-ring (bicyclic) bond motifs is 2. The van der Waals surface area contributed by atoms with E-state index in [1.807, 2.05) is 0 Å². The molecule has 3 N–H and O–H groups in total. The number of amides is 2. The van der Waals surface area contributed by atoms with Gasteiger partial charge in [0, 0.05) is 25.5 Å². The number of aliphatic hydroxyl groups is 1. The molecule has 5 heteroatoms. The normalized spacial score (nSPS) is 34.7. The molecule has 2 rings (SSSR count). The van der Waals surface area contributed by atoms with Crippen LogP contribution in [-0.4, -0.2) is 36.1 Å². The molecule has 0 aliphatic heterocycles. The molecule has 0 heterocycles. The van der Waals surface area contributed by atoms with Crippen LogP contribution in [-0.2, 0) is 9.59 Å². The van der Waals surface area contributed by atoms with Gasteiger partial charge in [0.05, 0.1) is 6.54 Å². The van der Waals surface area contributed by atoms with Gasteiger partial charge < -0.3 is 15.7 Å². The van der Waals surface area contributed by atoms with Crippen LogP contribution in [0.1, 0.15) is 26.2 Å². The molecule has 0 aromatic rings. The highest BCUT2D eigenvalue weighted by Gasteiger charge is 2.47. The van der Waals surface area contributed by atoms with Crippen LogP contribution in [0.4, 0.5) is 0 Å². The highest BCUT2D eigenvalue weighted by Crippen LogP contribution is 2.48. The van der Waals surface area contributed by atoms with Crippen LogP contribution in [0.3, 0.4) is 0 Å². The summed E-state index contributed by atoms with van der Waals surface area (Å²) in [4.78, 5) is 22.3. The second-order valence-corrected chi connectivity index (χ2v) is 5.18. The van der Waals surface area contributed by atoms with Crippen molar-refractivity contribution in [2.75, 3.05) is 13.2 Å². The third-order valence-corrected chi connectivity index (χ3v) is 4.12. The molecule has 0 aromatic heterocycles. The van der Waals surface area contributed by atoms with Crippen molar-refractivity contribution < 1.29 is 14.7 Å². The maximum Gasteiger partial charge on any atom is 0.239 e. The molecule has 4 atom stereocenters. The van der Waals surface area contributed by atoms with E-state index in [1.165, 1.54) is 13.3 Å². The molecule has 2 amide bonds. The largest absolute Gasteiger partial charge is 0.396 e. The first-order valence-corrected chi connectivity index (χ1v) is 6.26. The molecular formula is C12H20N2O3. The predicted octanol–water partition coefficient (Wildman–Crippen LogP) is -0.354. The SMILES string of the molecule is CC(=O)NCC(=O)NC1C2CCC(C2)C1CO. The van der Waals surface area contributed by atoms with Crippen molar-refractivity contribution >= 4 is 11.8 Å². The van der Waals surface area contributed by atoms with Gasteiger partial charge in [0.1, 0.15) is 0 Å². The minimum absolute atomic E-state index is 0.0291. The number of hydrogen-bond donors (Lipinski definition) is 3. The molecule has 2 aliphatic rings. The zero-order valence-electron chi connectivity index (χ0n) is 10.1. The maximum absolute atomic E-state index is 11.6. The molecule has 0 radical (unpaired) electrons. The third kappa shape index (κ3) is 2.60. The van der Waals surface area contributed by atoms with Crippen molar-refractivity contribution in [1.82, 2.24) is 10.6 Å². The molecule has 2 saturated carbocycles. The summed E-state index contributed by atoms with van der Waals surface area (Å²) < 4.78 is 0. The molecule has 5 nitrogen and oxygen atoms in total. The van der Waals surface area contributed by atoms with E-state index < -0.39 is 0 Å². The summed E-state index contributed by atoms with van der Waals surface area (Å²) in [7, 11) is 0. The Morgan fingerprint density at radius 1 is 1.29 bits per heavy atom. The van der Waals surface area contributed by atoms with Crippen LogP contribution in [0, 0.1) is 17.8 Å². The number of rotatable bonds is 4. The van der Waals surface area contributed by atoms with Gasteiger partial charge in [-0.15, -0.1) is 0 Å². The molecule has 0 aromatic carbocycles. The van der Waals surface area contributed by atoms with Gasteiger partial charge in [-0.25, -0.2) is 0 Å². The molecule has 2 aliphatic carbocycles. The average Bonchev–Trinajstić information content (AvgIpc) is 2.86. The topological polar surface area (TPSA) is 78.4 Å². The molecule has 96 valence electrons. The molecule has 0 saturated heterocycles. The Labute approximate surface area is 101 Å². The third-order valence-electron chi connectivity index (χ3n) is 4.12. The van der Waals surface area contributed by atoms with E-state index in [9.17, 15) is 14.7 Å². The lowest BCUT2D eigenvalue weighted by Crippen LogP contribution is -2.48. The van der Waals surface area contributed by atoms with Crippen LogP contribution in [0.15, 0.2) is 0 Å². The first-order chi connectivity index (χ1) is 8.11. The van der Waals surface area contributed by atoms with Crippen LogP contribution < -0.4 is 10.6 Å². The highest BCUT2D eigenvalue weighted by atomic mass is 16.3. The van der Waals surface area contributed by atoms with E-state index in [-0.39, 0.29) is 36.9 Å². The van der Waals surface area contributed by atoms with Crippen molar-refractivity contribution in [2.45, 2.75) is 32.2 Å². The fourth-order valence-corrected chi connectivity index (χ4v) is 3.34. The smallest absolute Gasteiger partial charge is 0.239 e. The zero-order valence-corrected chi connectivity index (χ0v) is 10.1. The average molecular weight is 240 g/mol. The number of nitrogens with one attached hydrogen (secondary N) is 2. The van der Waals surface area contributed by atoms with Crippen LogP contribution in [0.25, 0.3) is 0 Å². The van der Waals surface area contributed by atoms with E-state index in [4.69, 9.17) is 0 Å². The fraction of sp³-hybridized carbons (Fsp3) is 0.833. The van der Waals surface area contributed by atoms with Crippen LogP contribution >= 0.6 is 0 Å². The lowest BCUT2D eigenvalue weighted by molar-refractivity contribution is -0.126. The molecule has 0 spiro atoms. The van der Waals surface area contributed by atoms with Crippen molar-refractivity contribution in [3.8, 4) is 0 Å². The maximum atomic E-state index is 11.6. The van der Waals surface area contributed by atoms with Crippen LogP contribution in [0.5, 0.6) is 0 Å². The van der Waals surface area contributed by atoms with Gasteiger partial charge in [-0.2, -0.15) is 0 Å². The molecule has 2 fully saturated rings. The van der Waals surface area contributed by atoms with Crippen molar-refractivity contribution in [3.05, 3.63) is 0 Å². The summed E-state index contributed by atoms with van der Waals surface area (Å²) in [5, 5.41) is 14.8. The van der Waals surface area contributed by atoms with Crippen LogP contribution in [0.2, 0.25) is 0 Å². The molecule has 4 unspecified atom stereocenters. The minimum Gasteiger partial charge on any atom is -0.396 e. The Balaban J connectivity index is 1.85. The van der Waals surface area contributed by atoms with Gasteiger partial charge in [-0.05, 0) is 31.1 Å². The Morgan fingerprint density at radius 2 is 2.00 bits per heavy atom. The van der Waals surface area contributed by atoms with Gasteiger partial charge in [-0.3, -0.25) is 9.59 Å². The highest BCUT2D eigenvalue weighted by molar-refractivity contribution is 5.83. The number of hydrogen-bond acceptors (Lipinski definition) is 3. The zero-order chi connectivity index (χ0) is 12.4. The Morgan fingerprint density at radius 3 is 2.65 bits per heavy atom. The van der Waals surface area contributed by atoms with E-state index in [1.54, 1.807) is 0 Å². The standard InChI is InChI=1S/C12H20N2O3/c1-7(16)13-5-11(17)14-12-9-3-2-8(4-9)10(12)6-15/h8-10,12,15H,2-6H2,1H3,(H,13,16)(H,14,17). The molecular weight excluding hydrogens is 220 g/mol. The van der Waals surface area contributed by atoms with Gasteiger partial charge in [-0.1, -0.05) is 0 Å². The fourth-order valence-electron chi connectivity index (χ4n) is 3.34. The summed E-state index contributed by atoms with van der Waals surface area (Å²) in [5.74, 6) is 0.924. The monoisotopic (exact) mass is 240 g/mol. The molecule has 17 heavy (non-hydrogen) atoms. The summed E-state index contributed by atoms with van der Waals surface area (Å²) in [6, 6.07) is 0.0972. The van der Waals surface area contributed by atoms with Gasteiger partial charge >= 0.3 is 0 Å². The Bertz CT molecular complexity index is 319. The second kappa shape index (κ2) is 5.04. The van der Waals surface area contributed by atoms with Gasteiger partial charge in [0.25, 0.3) is 0 Å². The Kier molecular flexibility index (Phi) is 3.66. The van der Waals surface area contributed by atoms with Gasteiger partial charge in [0.15, 0.2) is 0 Å². The first-order valence-electron chi connectivity index (χ1n) is 6.26. The second-order valence-electron chi connectivity index (χ2n) is 5.18. The Hall–Kier alpha value is -1.10. The minimum atomic E-state index is -0.202. The number of carbonyl (C=O) groups excluding carboxylic acids is 2. The quantitative estimate of drug-likeness (QED) is 0.628. The van der Waals surface area contributed by atoms with E-state index in [2.05, 4.69) is 10.6 Å². The summed E-state index contributed by atoms with van der Waals surface area (Å²) in [5.41, 5.74) is 0. The van der Waals surface area contributed by atoms with Gasteiger partial charge in [0.2, 0.25) is 11.8 Å². The molecule has 2 bridgehead atoms. The first kappa shape index (κ1) is 12.4.